The summed E-state index contributed by atoms with van der Waals surface area (Å²) in [5.74, 6) is -0.0530. The summed E-state index contributed by atoms with van der Waals surface area (Å²) in [5, 5.41) is 4.36. The molecule has 2 aromatic rings. The van der Waals surface area contributed by atoms with E-state index in [-0.39, 0.29) is 11.8 Å². The number of nitrogens with zero attached hydrogens (tertiary/aromatic N) is 2. The fraction of sp³-hybridized carbons (Fsp3) is 0.357. The van der Waals surface area contributed by atoms with Gasteiger partial charge in [0.2, 0.25) is 0 Å². The molecule has 0 aliphatic carbocycles. The van der Waals surface area contributed by atoms with Gasteiger partial charge >= 0.3 is 0 Å². The lowest BCUT2D eigenvalue weighted by molar-refractivity contribution is 0.527. The van der Waals surface area contributed by atoms with Gasteiger partial charge in [-0.25, -0.2) is 8.42 Å². The molecule has 4 nitrogen and oxygen atoms in total. The minimum Gasteiger partial charge on any atom is -0.270 e. The van der Waals surface area contributed by atoms with Gasteiger partial charge < -0.3 is 0 Å². The Kier molecular flexibility index (Phi) is 3.75. The zero-order chi connectivity index (χ0) is 14.0. The molecule has 0 unspecified atom stereocenters. The summed E-state index contributed by atoms with van der Waals surface area (Å²) in [6.07, 6.45) is 1.89. The van der Waals surface area contributed by atoms with Crippen molar-refractivity contribution >= 4 is 9.84 Å². The molecule has 0 N–H and O–H groups in total. The molecule has 1 aromatic carbocycles. The van der Waals surface area contributed by atoms with E-state index in [9.17, 15) is 8.42 Å². The Morgan fingerprint density at radius 2 is 1.84 bits per heavy atom. The number of benzene rings is 1. The van der Waals surface area contributed by atoms with E-state index >= 15 is 0 Å². The molecule has 0 atom stereocenters. The summed E-state index contributed by atoms with van der Waals surface area (Å²) in [5.41, 5.74) is 1.53. The van der Waals surface area contributed by atoms with Crippen LogP contribution in [-0.2, 0) is 15.6 Å². The predicted octanol–water partition coefficient (Wildman–Crippen LogP) is 2.75. The van der Waals surface area contributed by atoms with Crippen LogP contribution in [0.15, 0.2) is 41.4 Å². The second-order valence-corrected chi connectivity index (χ2v) is 6.89. The summed E-state index contributed by atoms with van der Waals surface area (Å²) in [6, 6.07) is 8.72. The number of hydrogen-bond donors (Lipinski definition) is 0. The van der Waals surface area contributed by atoms with Crippen LogP contribution in [0.25, 0.3) is 0 Å². The van der Waals surface area contributed by atoms with Crippen LogP contribution in [0, 0.1) is 6.92 Å². The second kappa shape index (κ2) is 5.17. The van der Waals surface area contributed by atoms with Gasteiger partial charge in [-0.15, -0.1) is 0 Å². The number of aryl methyl sites for hydroxylation is 1. The van der Waals surface area contributed by atoms with E-state index in [0.717, 1.165) is 5.56 Å². The molecule has 0 saturated heterocycles. The van der Waals surface area contributed by atoms with Gasteiger partial charge in [0, 0.05) is 12.2 Å². The molecule has 0 radical (unpaired) electrons. The van der Waals surface area contributed by atoms with Crippen LogP contribution >= 0.6 is 0 Å². The molecule has 1 aromatic heterocycles. The van der Waals surface area contributed by atoms with Crippen molar-refractivity contribution in [2.24, 2.45) is 0 Å². The van der Waals surface area contributed by atoms with Gasteiger partial charge in [-0.1, -0.05) is 18.2 Å². The van der Waals surface area contributed by atoms with Crippen molar-refractivity contribution in [3.8, 4) is 0 Å². The minimum atomic E-state index is -3.32. The van der Waals surface area contributed by atoms with Crippen molar-refractivity contribution in [2.75, 3.05) is 0 Å². The van der Waals surface area contributed by atoms with Crippen molar-refractivity contribution in [3.63, 3.8) is 0 Å². The van der Waals surface area contributed by atoms with Crippen molar-refractivity contribution in [1.82, 2.24) is 9.78 Å². The molecule has 0 bridgehead atoms. The molecule has 1 heterocycles. The highest BCUT2D eigenvalue weighted by Crippen LogP contribution is 2.18. The zero-order valence-corrected chi connectivity index (χ0v) is 12.2. The van der Waals surface area contributed by atoms with Crippen molar-refractivity contribution in [2.45, 2.75) is 37.5 Å². The van der Waals surface area contributed by atoms with Gasteiger partial charge in [0.1, 0.15) is 0 Å². The molecular formula is C14H18N2O2S. The molecule has 0 aliphatic heterocycles. The average Bonchev–Trinajstić information content (AvgIpc) is 2.72. The first-order valence-corrected chi connectivity index (χ1v) is 7.88. The summed E-state index contributed by atoms with van der Waals surface area (Å²) in [7, 11) is -3.32. The maximum atomic E-state index is 12.3. The van der Waals surface area contributed by atoms with Crippen LogP contribution in [0.4, 0.5) is 0 Å². The molecular weight excluding hydrogens is 260 g/mol. The third kappa shape index (κ3) is 3.04. The van der Waals surface area contributed by atoms with E-state index < -0.39 is 9.84 Å². The molecule has 0 spiro atoms. The van der Waals surface area contributed by atoms with Gasteiger partial charge in [0.25, 0.3) is 0 Å². The molecule has 5 heteroatoms. The van der Waals surface area contributed by atoms with E-state index in [0.29, 0.717) is 10.6 Å². The average molecular weight is 278 g/mol. The topological polar surface area (TPSA) is 52.0 Å². The van der Waals surface area contributed by atoms with Crippen LogP contribution < -0.4 is 0 Å². The Balaban J connectivity index is 2.31. The number of sulfone groups is 1. The highest BCUT2D eigenvalue weighted by atomic mass is 32.2. The van der Waals surface area contributed by atoms with E-state index in [1.165, 1.54) is 0 Å². The summed E-state index contributed by atoms with van der Waals surface area (Å²) < 4.78 is 26.4. The van der Waals surface area contributed by atoms with Gasteiger partial charge in [-0.2, -0.15) is 5.10 Å². The maximum Gasteiger partial charge on any atom is 0.184 e. The van der Waals surface area contributed by atoms with Gasteiger partial charge in [-0.3, -0.25) is 4.68 Å². The lowest BCUT2D eigenvalue weighted by Gasteiger charge is -2.04. The fourth-order valence-corrected chi connectivity index (χ4v) is 3.20. The first-order valence-electron chi connectivity index (χ1n) is 6.22. The fourth-order valence-electron chi connectivity index (χ4n) is 1.82. The lowest BCUT2D eigenvalue weighted by Crippen LogP contribution is -2.07. The molecule has 0 fully saturated rings. The number of aromatic nitrogens is 2. The van der Waals surface area contributed by atoms with Gasteiger partial charge in [0.15, 0.2) is 9.84 Å². The zero-order valence-electron chi connectivity index (χ0n) is 11.4. The SMILES string of the molecule is Cc1cn(C(C)C)nc1CS(=O)(=O)c1ccccc1. The van der Waals surface area contributed by atoms with Crippen molar-refractivity contribution < 1.29 is 8.42 Å². The van der Waals surface area contributed by atoms with Crippen molar-refractivity contribution in [1.29, 1.82) is 0 Å². The van der Waals surface area contributed by atoms with Crippen LogP contribution in [0.2, 0.25) is 0 Å². The van der Waals surface area contributed by atoms with E-state index in [1.54, 1.807) is 35.0 Å². The highest BCUT2D eigenvalue weighted by molar-refractivity contribution is 7.90. The summed E-state index contributed by atoms with van der Waals surface area (Å²) in [4.78, 5) is 0.341. The van der Waals surface area contributed by atoms with E-state index in [2.05, 4.69) is 5.10 Å². The van der Waals surface area contributed by atoms with E-state index in [1.807, 2.05) is 27.0 Å². The van der Waals surface area contributed by atoms with Crippen LogP contribution in [-0.4, -0.2) is 18.2 Å². The normalized spacial score (nSPS) is 12.0. The predicted molar refractivity (Wildman–Crippen MR) is 74.7 cm³/mol. The monoisotopic (exact) mass is 278 g/mol. The van der Waals surface area contributed by atoms with Gasteiger partial charge in [-0.05, 0) is 38.5 Å². The molecule has 102 valence electrons. The third-order valence-corrected chi connectivity index (χ3v) is 4.62. The molecule has 0 amide bonds. The maximum absolute atomic E-state index is 12.3. The first-order chi connectivity index (χ1) is 8.90. The Hall–Kier alpha value is -1.62. The second-order valence-electron chi connectivity index (χ2n) is 4.90. The minimum absolute atomic E-state index is 0.0530. The first kappa shape index (κ1) is 13.8. The third-order valence-electron chi connectivity index (χ3n) is 2.98. The standard InChI is InChI=1S/C14H18N2O2S/c1-11(2)16-9-12(3)14(15-16)10-19(17,18)13-7-5-4-6-8-13/h4-9,11H,10H2,1-3H3. The Morgan fingerprint density at radius 3 is 2.37 bits per heavy atom. The molecule has 0 aliphatic rings. The van der Waals surface area contributed by atoms with E-state index in [4.69, 9.17) is 0 Å². The number of hydrogen-bond acceptors (Lipinski definition) is 3. The smallest absolute Gasteiger partial charge is 0.184 e. The molecule has 0 saturated carbocycles. The van der Waals surface area contributed by atoms with Gasteiger partial charge in [0.05, 0.1) is 16.3 Å². The van der Waals surface area contributed by atoms with Crippen LogP contribution in [0.1, 0.15) is 31.1 Å². The highest BCUT2D eigenvalue weighted by Gasteiger charge is 2.18. The molecule has 19 heavy (non-hydrogen) atoms. The quantitative estimate of drug-likeness (QED) is 0.864. The Morgan fingerprint density at radius 1 is 1.21 bits per heavy atom. The largest absolute Gasteiger partial charge is 0.270 e. The Bertz CT molecular complexity index is 658. The van der Waals surface area contributed by atoms with Crippen molar-refractivity contribution in [3.05, 3.63) is 47.8 Å². The lowest BCUT2D eigenvalue weighted by atomic mass is 10.3. The summed E-state index contributed by atoms with van der Waals surface area (Å²) in [6.45, 7) is 5.92. The van der Waals surface area contributed by atoms with Crippen LogP contribution in [0.3, 0.4) is 0 Å². The van der Waals surface area contributed by atoms with Crippen LogP contribution in [0.5, 0.6) is 0 Å². The summed E-state index contributed by atoms with van der Waals surface area (Å²) >= 11 is 0. The Labute approximate surface area is 114 Å². The molecule has 2 rings (SSSR count). The number of rotatable bonds is 4.